The maximum Gasteiger partial charge on any atom is 0.330 e. The van der Waals surface area contributed by atoms with Crippen LogP contribution in [0.15, 0.2) is 57.8 Å². The minimum absolute atomic E-state index is 0.00337. The summed E-state index contributed by atoms with van der Waals surface area (Å²) in [6.07, 6.45) is 7.51. The van der Waals surface area contributed by atoms with Crippen molar-refractivity contribution < 1.29 is 59.2 Å². The molecule has 6 rings (SSSR count). The zero-order chi connectivity index (χ0) is 35.5. The number of carbonyl (C=O) groups is 1. The summed E-state index contributed by atoms with van der Waals surface area (Å²) in [5.74, 6) is -4.51. The van der Waals surface area contributed by atoms with Gasteiger partial charge < -0.3 is 54.4 Å². The fourth-order valence-corrected chi connectivity index (χ4v) is 6.63. The first-order valence-electron chi connectivity index (χ1n) is 16.4. The highest BCUT2D eigenvalue weighted by atomic mass is 16.6. The molecule has 2 aliphatic carbocycles. The van der Waals surface area contributed by atoms with Gasteiger partial charge in [-0.25, -0.2) is 4.79 Å². The largest absolute Gasteiger partial charge is 0.508 e. The number of hydrogen-bond acceptors (Lipinski definition) is 13. The lowest BCUT2D eigenvalue weighted by molar-refractivity contribution is -0.141. The molecule has 13 nitrogen and oxygen atoms in total. The van der Waals surface area contributed by atoms with Gasteiger partial charge in [0.25, 0.3) is 0 Å². The predicted molar refractivity (Wildman–Crippen MR) is 180 cm³/mol. The number of benzene rings is 3. The molecule has 0 radical (unpaired) electrons. The third-order valence-corrected chi connectivity index (χ3v) is 9.14. The molecule has 0 saturated heterocycles. The number of aromatic hydroxyl groups is 7. The fraction of sp³-hybridized carbons (Fsp3) is 0.351. The van der Waals surface area contributed by atoms with Crippen molar-refractivity contribution in [1.82, 2.24) is 0 Å². The SMILES string of the molecule is O=C(/C=C/c1ccc(O)c(O)c1)OCC1CCCC(OC2CCCCC2Oc2c(-c3cc(O)c(O)c(O)c3)oc3cc(O)cc(O)c3c2=O)C1. The summed E-state index contributed by atoms with van der Waals surface area (Å²) >= 11 is 0. The van der Waals surface area contributed by atoms with E-state index < -0.39 is 46.6 Å². The van der Waals surface area contributed by atoms with E-state index >= 15 is 0 Å². The van der Waals surface area contributed by atoms with Crippen LogP contribution in [0.25, 0.3) is 28.4 Å². The quantitative estimate of drug-likeness (QED) is 0.0617. The van der Waals surface area contributed by atoms with Crippen molar-refractivity contribution in [1.29, 1.82) is 0 Å². The van der Waals surface area contributed by atoms with Crippen molar-refractivity contribution >= 4 is 23.0 Å². The van der Waals surface area contributed by atoms with Crippen LogP contribution in [0.4, 0.5) is 0 Å². The van der Waals surface area contributed by atoms with Gasteiger partial charge in [0.2, 0.25) is 11.2 Å². The van der Waals surface area contributed by atoms with E-state index in [9.17, 15) is 45.3 Å². The molecule has 0 spiro atoms. The molecule has 4 atom stereocenters. The lowest BCUT2D eigenvalue weighted by atomic mass is 9.87. The maximum absolute atomic E-state index is 13.9. The number of carbonyl (C=O) groups excluding carboxylic acids is 1. The van der Waals surface area contributed by atoms with Gasteiger partial charge in [0.05, 0.1) is 18.8 Å². The average Bonchev–Trinajstić information content (AvgIpc) is 3.08. The Morgan fingerprint density at radius 3 is 2.28 bits per heavy atom. The van der Waals surface area contributed by atoms with Crippen molar-refractivity contribution in [2.45, 2.75) is 69.7 Å². The van der Waals surface area contributed by atoms with Gasteiger partial charge in [-0.1, -0.05) is 18.9 Å². The molecule has 0 bridgehead atoms. The van der Waals surface area contributed by atoms with Gasteiger partial charge >= 0.3 is 5.97 Å². The van der Waals surface area contributed by atoms with Gasteiger partial charge in [-0.15, -0.1) is 0 Å². The summed E-state index contributed by atoms with van der Waals surface area (Å²) in [5, 5.41) is 69.8. The Hall–Kier alpha value is -5.56. The van der Waals surface area contributed by atoms with Gasteiger partial charge in [-0.2, -0.15) is 0 Å². The van der Waals surface area contributed by atoms with Gasteiger partial charge in [0, 0.05) is 23.8 Å². The lowest BCUT2D eigenvalue weighted by Crippen LogP contribution is -2.41. The Labute approximate surface area is 285 Å². The molecule has 4 unspecified atom stereocenters. The van der Waals surface area contributed by atoms with Crippen molar-refractivity contribution in [3.63, 3.8) is 0 Å². The molecule has 3 aromatic carbocycles. The molecule has 50 heavy (non-hydrogen) atoms. The third-order valence-electron chi connectivity index (χ3n) is 9.14. The lowest BCUT2D eigenvalue weighted by Gasteiger charge is -2.37. The van der Waals surface area contributed by atoms with Crippen LogP contribution in [0.5, 0.6) is 46.0 Å². The minimum atomic E-state index is -0.761. The summed E-state index contributed by atoms with van der Waals surface area (Å²) in [6, 6.07) is 8.53. The average molecular weight is 691 g/mol. The normalized spacial score (nSPS) is 21.0. The van der Waals surface area contributed by atoms with Crippen LogP contribution in [0.2, 0.25) is 0 Å². The van der Waals surface area contributed by atoms with E-state index in [4.69, 9.17) is 18.6 Å². The third kappa shape index (κ3) is 7.52. The fourth-order valence-electron chi connectivity index (χ4n) is 6.63. The standard InChI is InChI=1S/C37H38O13/c38-22-16-26(41)33-31(17-22)50-36(21-14-27(42)34(45)28(43)15-21)37(35(33)46)49-30-7-2-1-6-29(30)48-23-5-3-4-20(12-23)18-47-32(44)11-9-19-8-10-24(39)25(40)13-19/h8-11,13-17,20,23,29-30,38-43,45H,1-7,12,18H2/b11-9+. The smallest absolute Gasteiger partial charge is 0.330 e. The Morgan fingerprint density at radius 1 is 0.800 bits per heavy atom. The van der Waals surface area contributed by atoms with Crippen LogP contribution in [-0.4, -0.2) is 66.6 Å². The van der Waals surface area contributed by atoms with E-state index in [1.165, 1.54) is 24.3 Å². The highest BCUT2D eigenvalue weighted by Crippen LogP contribution is 2.43. The van der Waals surface area contributed by atoms with E-state index in [1.54, 1.807) is 6.07 Å². The predicted octanol–water partition coefficient (Wildman–Crippen LogP) is 5.92. The van der Waals surface area contributed by atoms with Crippen LogP contribution >= 0.6 is 0 Å². The van der Waals surface area contributed by atoms with Crippen LogP contribution in [0.1, 0.15) is 56.9 Å². The molecule has 1 heterocycles. The molecule has 2 saturated carbocycles. The first kappa shape index (κ1) is 34.3. The maximum atomic E-state index is 13.9. The van der Waals surface area contributed by atoms with Gasteiger partial charge in [0.15, 0.2) is 34.5 Å². The van der Waals surface area contributed by atoms with Crippen molar-refractivity contribution in [3.05, 3.63) is 64.3 Å². The van der Waals surface area contributed by atoms with E-state index in [0.29, 0.717) is 24.8 Å². The monoisotopic (exact) mass is 690 g/mol. The van der Waals surface area contributed by atoms with Crippen LogP contribution < -0.4 is 10.2 Å². The molecular weight excluding hydrogens is 652 g/mol. The summed E-state index contributed by atoms with van der Waals surface area (Å²) in [7, 11) is 0. The highest BCUT2D eigenvalue weighted by Gasteiger charge is 2.34. The molecule has 4 aromatic rings. The second-order valence-electron chi connectivity index (χ2n) is 12.8. The second-order valence-corrected chi connectivity index (χ2v) is 12.8. The molecule has 2 fully saturated rings. The summed E-state index contributed by atoms with van der Waals surface area (Å²) in [4.78, 5) is 26.3. The van der Waals surface area contributed by atoms with E-state index in [0.717, 1.165) is 56.4 Å². The van der Waals surface area contributed by atoms with Crippen LogP contribution in [0.3, 0.4) is 0 Å². The van der Waals surface area contributed by atoms with Crippen molar-refractivity contribution in [2.75, 3.05) is 6.61 Å². The number of ether oxygens (including phenoxy) is 3. The topological polar surface area (TPSA) is 217 Å². The van der Waals surface area contributed by atoms with E-state index in [2.05, 4.69) is 0 Å². The molecule has 0 aliphatic heterocycles. The van der Waals surface area contributed by atoms with Crippen LogP contribution in [-0.2, 0) is 14.3 Å². The zero-order valence-corrected chi connectivity index (χ0v) is 26.9. The number of rotatable bonds is 9. The zero-order valence-electron chi connectivity index (χ0n) is 26.9. The molecule has 0 amide bonds. The Kier molecular flexibility index (Phi) is 9.95. The highest BCUT2D eigenvalue weighted by molar-refractivity contribution is 5.89. The Morgan fingerprint density at radius 2 is 1.54 bits per heavy atom. The van der Waals surface area contributed by atoms with Gasteiger partial charge in [-0.05, 0) is 80.3 Å². The summed E-state index contributed by atoms with van der Waals surface area (Å²) in [6.45, 7) is 0.196. The minimum Gasteiger partial charge on any atom is -0.508 e. The molecule has 2 aliphatic rings. The summed E-state index contributed by atoms with van der Waals surface area (Å²) in [5.41, 5.74) is -0.381. The van der Waals surface area contributed by atoms with Crippen molar-refractivity contribution in [3.8, 4) is 57.3 Å². The van der Waals surface area contributed by atoms with Gasteiger partial charge in [-0.3, -0.25) is 4.79 Å². The number of phenolic OH excluding ortho intramolecular Hbond substituents is 7. The molecular formula is C37H38O13. The number of phenols is 7. The summed E-state index contributed by atoms with van der Waals surface area (Å²) < 4.78 is 24.4. The second kappa shape index (κ2) is 14.5. The van der Waals surface area contributed by atoms with E-state index in [1.807, 2.05) is 0 Å². The number of fused-ring (bicyclic) bond motifs is 1. The van der Waals surface area contributed by atoms with Crippen molar-refractivity contribution in [2.24, 2.45) is 5.92 Å². The Bertz CT molecular complexity index is 1960. The molecule has 13 heteroatoms. The Balaban J connectivity index is 1.18. The van der Waals surface area contributed by atoms with E-state index in [-0.39, 0.29) is 63.9 Å². The molecule has 1 aromatic heterocycles. The number of esters is 1. The number of hydrogen-bond donors (Lipinski definition) is 7. The first-order chi connectivity index (χ1) is 24.0. The first-order valence-corrected chi connectivity index (χ1v) is 16.4. The van der Waals surface area contributed by atoms with Gasteiger partial charge in [0.1, 0.15) is 28.6 Å². The molecule has 7 N–H and O–H groups in total. The molecule has 264 valence electrons. The van der Waals surface area contributed by atoms with Crippen LogP contribution in [0, 0.1) is 5.92 Å².